The highest BCUT2D eigenvalue weighted by Gasteiger charge is 2.21. The van der Waals surface area contributed by atoms with Crippen LogP contribution in [0.1, 0.15) is 11.1 Å². The summed E-state index contributed by atoms with van der Waals surface area (Å²) in [5.41, 5.74) is 2.45. The summed E-state index contributed by atoms with van der Waals surface area (Å²) in [5.74, 6) is 0. The molecule has 1 aromatic rings. The summed E-state index contributed by atoms with van der Waals surface area (Å²) in [6.45, 7) is 6.46. The molecule has 0 aliphatic carbocycles. The van der Waals surface area contributed by atoms with Crippen LogP contribution in [-0.2, 0) is 22.6 Å². The van der Waals surface area contributed by atoms with E-state index in [9.17, 15) is 4.79 Å². The normalized spacial score (nSPS) is 20.2. The first kappa shape index (κ1) is 13.4. The number of carbonyl (C=O) groups excluding carboxylic acids is 1. The second-order valence-corrected chi connectivity index (χ2v) is 5.24. The Bertz CT molecular complexity index is 455. The SMILES string of the molecule is O=C1OCCN1Cc1ccc(CN2CCOCC2)cc1. The molecule has 108 valence electrons. The van der Waals surface area contributed by atoms with Gasteiger partial charge in [-0.15, -0.1) is 0 Å². The Morgan fingerprint density at radius 3 is 2.15 bits per heavy atom. The van der Waals surface area contributed by atoms with Crippen molar-refractivity contribution in [1.82, 2.24) is 9.80 Å². The summed E-state index contributed by atoms with van der Waals surface area (Å²) in [4.78, 5) is 15.5. The minimum atomic E-state index is -0.206. The molecule has 5 nitrogen and oxygen atoms in total. The molecule has 5 heteroatoms. The molecule has 2 aliphatic rings. The van der Waals surface area contributed by atoms with Gasteiger partial charge in [0.25, 0.3) is 0 Å². The van der Waals surface area contributed by atoms with Crippen molar-refractivity contribution in [2.75, 3.05) is 39.5 Å². The zero-order chi connectivity index (χ0) is 13.8. The van der Waals surface area contributed by atoms with Crippen molar-refractivity contribution in [3.63, 3.8) is 0 Å². The lowest BCUT2D eigenvalue weighted by Crippen LogP contribution is -2.35. The minimum absolute atomic E-state index is 0.206. The lowest BCUT2D eigenvalue weighted by atomic mass is 10.1. The molecule has 1 aromatic carbocycles. The Balaban J connectivity index is 1.55. The smallest absolute Gasteiger partial charge is 0.410 e. The van der Waals surface area contributed by atoms with Crippen molar-refractivity contribution in [1.29, 1.82) is 0 Å². The molecule has 0 saturated carbocycles. The van der Waals surface area contributed by atoms with Crippen LogP contribution < -0.4 is 0 Å². The fraction of sp³-hybridized carbons (Fsp3) is 0.533. The van der Waals surface area contributed by atoms with Crippen LogP contribution in [0, 0.1) is 0 Å². The molecule has 0 atom stereocenters. The van der Waals surface area contributed by atoms with Crippen LogP contribution in [0.3, 0.4) is 0 Å². The van der Waals surface area contributed by atoms with Crippen molar-refractivity contribution in [2.24, 2.45) is 0 Å². The maximum absolute atomic E-state index is 11.4. The van der Waals surface area contributed by atoms with Gasteiger partial charge in [0.05, 0.1) is 19.8 Å². The average molecular weight is 276 g/mol. The number of cyclic esters (lactones) is 1. The molecule has 1 amide bonds. The van der Waals surface area contributed by atoms with Gasteiger partial charge < -0.3 is 14.4 Å². The highest BCUT2D eigenvalue weighted by Crippen LogP contribution is 2.13. The predicted octanol–water partition coefficient (Wildman–Crippen LogP) is 1.47. The average Bonchev–Trinajstić information content (AvgIpc) is 2.88. The summed E-state index contributed by atoms with van der Waals surface area (Å²) < 4.78 is 10.3. The maximum Gasteiger partial charge on any atom is 0.410 e. The number of rotatable bonds is 4. The van der Waals surface area contributed by atoms with Gasteiger partial charge in [-0.2, -0.15) is 0 Å². The van der Waals surface area contributed by atoms with Crippen LogP contribution in [0.25, 0.3) is 0 Å². The molecular weight excluding hydrogens is 256 g/mol. The minimum Gasteiger partial charge on any atom is -0.448 e. The van der Waals surface area contributed by atoms with Gasteiger partial charge in [0, 0.05) is 26.2 Å². The van der Waals surface area contributed by atoms with Gasteiger partial charge in [0.2, 0.25) is 0 Å². The first-order valence-corrected chi connectivity index (χ1v) is 7.11. The summed E-state index contributed by atoms with van der Waals surface area (Å²) in [7, 11) is 0. The van der Waals surface area contributed by atoms with Crippen molar-refractivity contribution in [3.05, 3.63) is 35.4 Å². The fourth-order valence-corrected chi connectivity index (χ4v) is 2.56. The largest absolute Gasteiger partial charge is 0.448 e. The van der Waals surface area contributed by atoms with Crippen LogP contribution in [0.2, 0.25) is 0 Å². The van der Waals surface area contributed by atoms with Crippen LogP contribution in [0.5, 0.6) is 0 Å². The maximum atomic E-state index is 11.4. The first-order chi connectivity index (χ1) is 9.81. The van der Waals surface area contributed by atoms with Gasteiger partial charge in [-0.05, 0) is 11.1 Å². The lowest BCUT2D eigenvalue weighted by molar-refractivity contribution is 0.0342. The third-order valence-corrected chi connectivity index (χ3v) is 3.75. The number of nitrogens with zero attached hydrogens (tertiary/aromatic N) is 2. The highest BCUT2D eigenvalue weighted by molar-refractivity contribution is 5.69. The van der Waals surface area contributed by atoms with Crippen molar-refractivity contribution >= 4 is 6.09 Å². The van der Waals surface area contributed by atoms with Gasteiger partial charge in [0.1, 0.15) is 6.61 Å². The summed E-state index contributed by atoms with van der Waals surface area (Å²) in [5, 5.41) is 0. The number of morpholine rings is 1. The Morgan fingerprint density at radius 1 is 0.900 bits per heavy atom. The number of benzene rings is 1. The van der Waals surface area contributed by atoms with Crippen LogP contribution in [-0.4, -0.2) is 55.3 Å². The Labute approximate surface area is 119 Å². The van der Waals surface area contributed by atoms with E-state index in [1.807, 2.05) is 0 Å². The van der Waals surface area contributed by atoms with Gasteiger partial charge in [-0.1, -0.05) is 24.3 Å². The first-order valence-electron chi connectivity index (χ1n) is 7.11. The fourth-order valence-electron chi connectivity index (χ4n) is 2.56. The molecular formula is C15H20N2O3. The summed E-state index contributed by atoms with van der Waals surface area (Å²) in [6, 6.07) is 8.49. The molecule has 2 aliphatic heterocycles. The third kappa shape index (κ3) is 3.29. The van der Waals surface area contributed by atoms with E-state index in [0.717, 1.165) is 38.4 Å². The van der Waals surface area contributed by atoms with Crippen LogP contribution in [0.15, 0.2) is 24.3 Å². The van der Waals surface area contributed by atoms with E-state index in [1.54, 1.807) is 4.90 Å². The molecule has 0 radical (unpaired) electrons. The number of amides is 1. The highest BCUT2D eigenvalue weighted by atomic mass is 16.6. The monoisotopic (exact) mass is 276 g/mol. The summed E-state index contributed by atoms with van der Waals surface area (Å²) >= 11 is 0. The van der Waals surface area contributed by atoms with Gasteiger partial charge in [-0.3, -0.25) is 4.90 Å². The molecule has 2 heterocycles. The van der Waals surface area contributed by atoms with Gasteiger partial charge in [0.15, 0.2) is 0 Å². The molecule has 0 aromatic heterocycles. The van der Waals surface area contributed by atoms with Crippen molar-refractivity contribution in [3.8, 4) is 0 Å². The van der Waals surface area contributed by atoms with Gasteiger partial charge >= 0.3 is 6.09 Å². The molecule has 2 saturated heterocycles. The van der Waals surface area contributed by atoms with E-state index in [0.29, 0.717) is 19.7 Å². The second-order valence-electron chi connectivity index (χ2n) is 5.24. The quantitative estimate of drug-likeness (QED) is 0.835. The molecule has 3 rings (SSSR count). The van der Waals surface area contributed by atoms with E-state index in [1.165, 1.54) is 5.56 Å². The number of hydrogen-bond donors (Lipinski definition) is 0. The van der Waals surface area contributed by atoms with E-state index in [2.05, 4.69) is 29.2 Å². The van der Waals surface area contributed by atoms with Crippen LogP contribution in [0.4, 0.5) is 4.79 Å². The topological polar surface area (TPSA) is 42.0 Å². The Kier molecular flexibility index (Phi) is 4.18. The number of hydrogen-bond acceptors (Lipinski definition) is 4. The number of carbonyl (C=O) groups is 1. The van der Waals surface area contributed by atoms with Gasteiger partial charge in [-0.25, -0.2) is 4.79 Å². The van der Waals surface area contributed by atoms with E-state index < -0.39 is 0 Å². The lowest BCUT2D eigenvalue weighted by Gasteiger charge is -2.26. The Hall–Kier alpha value is -1.59. The molecule has 0 unspecified atom stereocenters. The Morgan fingerprint density at radius 2 is 1.55 bits per heavy atom. The van der Waals surface area contributed by atoms with E-state index in [-0.39, 0.29) is 6.09 Å². The van der Waals surface area contributed by atoms with Crippen molar-refractivity contribution in [2.45, 2.75) is 13.1 Å². The molecule has 20 heavy (non-hydrogen) atoms. The molecule has 2 fully saturated rings. The zero-order valence-electron chi connectivity index (χ0n) is 11.6. The third-order valence-electron chi connectivity index (χ3n) is 3.75. The van der Waals surface area contributed by atoms with Crippen LogP contribution >= 0.6 is 0 Å². The van der Waals surface area contributed by atoms with E-state index in [4.69, 9.17) is 9.47 Å². The molecule has 0 spiro atoms. The predicted molar refractivity (Wildman–Crippen MR) is 74.3 cm³/mol. The van der Waals surface area contributed by atoms with Crippen molar-refractivity contribution < 1.29 is 14.3 Å². The molecule has 0 bridgehead atoms. The number of ether oxygens (including phenoxy) is 2. The second kappa shape index (κ2) is 6.24. The van der Waals surface area contributed by atoms with E-state index >= 15 is 0 Å². The summed E-state index contributed by atoms with van der Waals surface area (Å²) in [6.07, 6.45) is -0.206. The standard InChI is InChI=1S/C15H20N2O3/c18-15-17(7-10-20-15)12-14-3-1-13(2-4-14)11-16-5-8-19-9-6-16/h1-4H,5-12H2. The zero-order valence-corrected chi connectivity index (χ0v) is 11.6. The molecule has 0 N–H and O–H groups in total.